The van der Waals surface area contributed by atoms with Gasteiger partial charge in [0.2, 0.25) is 0 Å². The molecule has 2 fully saturated rings. The van der Waals surface area contributed by atoms with Crippen molar-refractivity contribution in [1.82, 2.24) is 10.2 Å². The molecule has 0 spiro atoms. The summed E-state index contributed by atoms with van der Waals surface area (Å²) in [4.78, 5) is 2.76. The maximum Gasteiger partial charge on any atom is 0.0472 e. The van der Waals surface area contributed by atoms with E-state index in [9.17, 15) is 0 Å². The van der Waals surface area contributed by atoms with E-state index < -0.39 is 0 Å². The largest absolute Gasteiger partial charge is 0.381 e. The van der Waals surface area contributed by atoms with E-state index in [-0.39, 0.29) is 5.54 Å². The summed E-state index contributed by atoms with van der Waals surface area (Å²) in [6, 6.07) is 0.879. The van der Waals surface area contributed by atoms with Gasteiger partial charge in [0.05, 0.1) is 0 Å². The molecule has 1 heterocycles. The number of rotatable bonds is 7. The molecule has 1 aliphatic heterocycles. The zero-order valence-electron chi connectivity index (χ0n) is 14.0. The monoisotopic (exact) mass is 282 g/mol. The van der Waals surface area contributed by atoms with E-state index in [1.807, 2.05) is 0 Å². The van der Waals surface area contributed by atoms with Gasteiger partial charge >= 0.3 is 0 Å². The molecule has 1 saturated carbocycles. The molecule has 0 unspecified atom stereocenters. The van der Waals surface area contributed by atoms with Gasteiger partial charge in [-0.1, -0.05) is 6.92 Å². The van der Waals surface area contributed by atoms with Crippen LogP contribution in [0, 0.1) is 5.41 Å². The molecule has 0 bridgehead atoms. The molecule has 20 heavy (non-hydrogen) atoms. The number of ether oxygens (including phenoxy) is 1. The van der Waals surface area contributed by atoms with Crippen molar-refractivity contribution in [3.8, 4) is 0 Å². The molecule has 0 aromatic heterocycles. The summed E-state index contributed by atoms with van der Waals surface area (Å²) in [6.45, 7) is 14.7. The van der Waals surface area contributed by atoms with Crippen molar-refractivity contribution in [2.45, 2.75) is 71.4 Å². The summed E-state index contributed by atoms with van der Waals surface area (Å²) in [5, 5.41) is 3.76. The second-order valence-corrected chi connectivity index (χ2v) is 7.92. The Labute approximate surface area is 125 Å². The van der Waals surface area contributed by atoms with Gasteiger partial charge in [-0.2, -0.15) is 0 Å². The van der Waals surface area contributed by atoms with E-state index >= 15 is 0 Å². The lowest BCUT2D eigenvalue weighted by Crippen LogP contribution is -2.51. The molecule has 2 aliphatic rings. The van der Waals surface area contributed by atoms with Crippen LogP contribution in [0.25, 0.3) is 0 Å². The minimum Gasteiger partial charge on any atom is -0.381 e. The Hall–Kier alpha value is -0.120. The van der Waals surface area contributed by atoms with Gasteiger partial charge in [0.1, 0.15) is 0 Å². The standard InChI is InChI=1S/C17H34N2O/c1-5-10-19(15-6-7-15)14-17(8-11-20-12-9-17)13-18-16(2,3)4/h15,18H,5-14H2,1-4H3. The van der Waals surface area contributed by atoms with Gasteiger partial charge in [0.15, 0.2) is 0 Å². The van der Waals surface area contributed by atoms with Crippen molar-refractivity contribution in [2.24, 2.45) is 5.41 Å². The molecule has 2 rings (SSSR count). The maximum atomic E-state index is 5.63. The Balaban J connectivity index is 1.97. The Bertz CT molecular complexity index is 288. The van der Waals surface area contributed by atoms with Crippen LogP contribution in [0.2, 0.25) is 0 Å². The Morgan fingerprint density at radius 3 is 2.35 bits per heavy atom. The summed E-state index contributed by atoms with van der Waals surface area (Å²) >= 11 is 0. The van der Waals surface area contributed by atoms with Crippen molar-refractivity contribution in [3.05, 3.63) is 0 Å². The first kappa shape index (κ1) is 16.3. The van der Waals surface area contributed by atoms with Gasteiger partial charge in [-0.05, 0) is 64.8 Å². The zero-order chi connectivity index (χ0) is 14.6. The summed E-state index contributed by atoms with van der Waals surface area (Å²) in [6.07, 6.45) is 6.53. The van der Waals surface area contributed by atoms with Crippen LogP contribution in [-0.4, -0.2) is 49.3 Å². The molecule has 1 aliphatic carbocycles. The van der Waals surface area contributed by atoms with E-state index in [2.05, 4.69) is 37.9 Å². The van der Waals surface area contributed by atoms with Crippen LogP contribution in [-0.2, 0) is 4.74 Å². The summed E-state index contributed by atoms with van der Waals surface area (Å²) in [7, 11) is 0. The molecular formula is C17H34N2O. The molecule has 0 aromatic carbocycles. The molecule has 0 radical (unpaired) electrons. The SMILES string of the molecule is CCCN(CC1(CNC(C)(C)C)CCOCC1)C1CC1. The number of nitrogens with one attached hydrogen (secondary N) is 1. The lowest BCUT2D eigenvalue weighted by molar-refractivity contribution is -0.00854. The van der Waals surface area contributed by atoms with E-state index in [1.54, 1.807) is 0 Å². The Kier molecular flexibility index (Phi) is 5.49. The van der Waals surface area contributed by atoms with Crippen LogP contribution >= 0.6 is 0 Å². The zero-order valence-corrected chi connectivity index (χ0v) is 14.0. The second-order valence-electron chi connectivity index (χ2n) is 7.92. The highest BCUT2D eigenvalue weighted by molar-refractivity contribution is 4.93. The first-order chi connectivity index (χ1) is 9.44. The first-order valence-electron chi connectivity index (χ1n) is 8.51. The fourth-order valence-corrected chi connectivity index (χ4v) is 3.20. The normalized spacial score (nSPS) is 23.2. The highest BCUT2D eigenvalue weighted by Crippen LogP contribution is 2.36. The average molecular weight is 282 g/mol. The fourth-order valence-electron chi connectivity index (χ4n) is 3.20. The molecule has 118 valence electrons. The first-order valence-corrected chi connectivity index (χ1v) is 8.51. The molecule has 3 heteroatoms. The number of nitrogens with zero attached hydrogens (tertiary/aromatic N) is 1. The lowest BCUT2D eigenvalue weighted by atomic mass is 9.78. The van der Waals surface area contributed by atoms with E-state index in [4.69, 9.17) is 4.74 Å². The van der Waals surface area contributed by atoms with Gasteiger partial charge in [0.25, 0.3) is 0 Å². The van der Waals surface area contributed by atoms with E-state index in [0.29, 0.717) is 5.41 Å². The lowest BCUT2D eigenvalue weighted by Gasteiger charge is -2.43. The van der Waals surface area contributed by atoms with Crippen LogP contribution in [0.5, 0.6) is 0 Å². The molecular weight excluding hydrogens is 248 g/mol. The molecule has 0 aromatic rings. The third-order valence-electron chi connectivity index (χ3n) is 4.66. The van der Waals surface area contributed by atoms with Crippen LogP contribution in [0.3, 0.4) is 0 Å². The third kappa shape index (κ3) is 5.01. The van der Waals surface area contributed by atoms with E-state index in [0.717, 1.165) is 25.8 Å². The Morgan fingerprint density at radius 1 is 1.20 bits per heavy atom. The fraction of sp³-hybridized carbons (Fsp3) is 1.00. The molecule has 3 nitrogen and oxygen atoms in total. The van der Waals surface area contributed by atoms with Crippen molar-refractivity contribution in [1.29, 1.82) is 0 Å². The molecule has 1 saturated heterocycles. The number of hydrogen-bond donors (Lipinski definition) is 1. The van der Waals surface area contributed by atoms with Gasteiger partial charge in [-0.3, -0.25) is 4.90 Å². The van der Waals surface area contributed by atoms with Gasteiger partial charge in [-0.15, -0.1) is 0 Å². The minimum absolute atomic E-state index is 0.209. The topological polar surface area (TPSA) is 24.5 Å². The third-order valence-corrected chi connectivity index (χ3v) is 4.66. The van der Waals surface area contributed by atoms with Crippen LogP contribution in [0.1, 0.15) is 59.8 Å². The van der Waals surface area contributed by atoms with Crippen LogP contribution in [0.4, 0.5) is 0 Å². The van der Waals surface area contributed by atoms with Crippen LogP contribution < -0.4 is 5.32 Å². The summed E-state index contributed by atoms with van der Waals surface area (Å²) < 4.78 is 5.63. The quantitative estimate of drug-likeness (QED) is 0.777. The average Bonchev–Trinajstić information content (AvgIpc) is 3.21. The van der Waals surface area contributed by atoms with Gasteiger partial charge < -0.3 is 10.1 Å². The summed E-state index contributed by atoms with van der Waals surface area (Å²) in [5.41, 5.74) is 0.629. The van der Waals surface area contributed by atoms with Crippen molar-refractivity contribution in [3.63, 3.8) is 0 Å². The highest BCUT2D eigenvalue weighted by atomic mass is 16.5. The minimum atomic E-state index is 0.209. The predicted molar refractivity (Wildman–Crippen MR) is 85.1 cm³/mol. The van der Waals surface area contributed by atoms with E-state index in [1.165, 1.54) is 45.2 Å². The van der Waals surface area contributed by atoms with Gasteiger partial charge in [0, 0.05) is 37.9 Å². The molecule has 0 atom stereocenters. The van der Waals surface area contributed by atoms with Gasteiger partial charge in [-0.25, -0.2) is 0 Å². The van der Waals surface area contributed by atoms with Crippen molar-refractivity contribution < 1.29 is 4.74 Å². The Morgan fingerprint density at radius 2 is 1.85 bits per heavy atom. The highest BCUT2D eigenvalue weighted by Gasteiger charge is 2.39. The van der Waals surface area contributed by atoms with Crippen molar-refractivity contribution in [2.75, 3.05) is 32.8 Å². The molecule has 0 amide bonds. The maximum absolute atomic E-state index is 5.63. The summed E-state index contributed by atoms with van der Waals surface area (Å²) in [5.74, 6) is 0. The van der Waals surface area contributed by atoms with Crippen LogP contribution in [0.15, 0.2) is 0 Å². The predicted octanol–water partition coefficient (Wildman–Crippen LogP) is 3.05. The van der Waals surface area contributed by atoms with Crippen molar-refractivity contribution >= 4 is 0 Å². The second kappa shape index (κ2) is 6.76. The smallest absolute Gasteiger partial charge is 0.0472 e. The molecule has 1 N–H and O–H groups in total. The number of hydrogen-bond acceptors (Lipinski definition) is 3.